The van der Waals surface area contributed by atoms with Crippen molar-refractivity contribution in [2.24, 2.45) is 0 Å². The van der Waals surface area contributed by atoms with Gasteiger partial charge in [0.2, 0.25) is 0 Å². The molecule has 0 N–H and O–H groups in total. The lowest BCUT2D eigenvalue weighted by Gasteiger charge is -2.06. The minimum Gasteiger partial charge on any atom is -0.380 e. The lowest BCUT2D eigenvalue weighted by Crippen LogP contribution is -2.20. The standard InChI is InChI=1S/C15H18N2O4S/c1-11(9-21-2)6-7-17-10-16-14-5-4-12(22(3,19)20)8-13(14)15(17)18/h4-6,8,10H,7,9H2,1-3H3/b11-6+. The van der Waals surface area contributed by atoms with Crippen LogP contribution in [0.2, 0.25) is 0 Å². The van der Waals surface area contributed by atoms with Crippen molar-refractivity contribution in [2.75, 3.05) is 20.0 Å². The maximum absolute atomic E-state index is 12.4. The summed E-state index contributed by atoms with van der Waals surface area (Å²) in [6.07, 6.45) is 4.44. The molecule has 1 aromatic heterocycles. The van der Waals surface area contributed by atoms with Gasteiger partial charge in [0.15, 0.2) is 9.84 Å². The first-order valence-corrected chi connectivity index (χ1v) is 8.56. The second-order valence-electron chi connectivity index (χ2n) is 5.14. The Morgan fingerprint density at radius 3 is 2.77 bits per heavy atom. The summed E-state index contributed by atoms with van der Waals surface area (Å²) in [6, 6.07) is 4.38. The van der Waals surface area contributed by atoms with E-state index in [1.807, 2.05) is 13.0 Å². The van der Waals surface area contributed by atoms with E-state index in [-0.39, 0.29) is 10.5 Å². The Balaban J connectivity index is 2.49. The molecule has 0 atom stereocenters. The van der Waals surface area contributed by atoms with Crippen molar-refractivity contribution < 1.29 is 13.2 Å². The van der Waals surface area contributed by atoms with Crippen molar-refractivity contribution in [3.63, 3.8) is 0 Å². The predicted octanol–water partition coefficient (Wildman–Crippen LogP) is 1.39. The number of fused-ring (bicyclic) bond motifs is 1. The Kier molecular flexibility index (Phi) is 4.77. The molecule has 0 aliphatic heterocycles. The van der Waals surface area contributed by atoms with Crippen molar-refractivity contribution in [1.29, 1.82) is 0 Å². The zero-order chi connectivity index (χ0) is 16.3. The first kappa shape index (κ1) is 16.4. The van der Waals surface area contributed by atoms with Crippen LogP contribution >= 0.6 is 0 Å². The Labute approximate surface area is 129 Å². The van der Waals surface area contributed by atoms with Crippen LogP contribution in [0, 0.1) is 0 Å². The lowest BCUT2D eigenvalue weighted by molar-refractivity contribution is 0.225. The van der Waals surface area contributed by atoms with Gasteiger partial charge < -0.3 is 4.74 Å². The normalized spacial score (nSPS) is 12.8. The number of sulfone groups is 1. The highest BCUT2D eigenvalue weighted by Gasteiger charge is 2.10. The van der Waals surface area contributed by atoms with E-state index in [1.54, 1.807) is 13.2 Å². The Bertz CT molecular complexity index is 882. The first-order valence-electron chi connectivity index (χ1n) is 6.67. The largest absolute Gasteiger partial charge is 0.380 e. The quantitative estimate of drug-likeness (QED) is 0.777. The summed E-state index contributed by atoms with van der Waals surface area (Å²) in [7, 11) is -1.76. The van der Waals surface area contributed by atoms with Crippen LogP contribution in [-0.4, -0.2) is 37.9 Å². The molecule has 0 aliphatic carbocycles. The third kappa shape index (κ3) is 3.61. The predicted molar refractivity (Wildman–Crippen MR) is 84.7 cm³/mol. The highest BCUT2D eigenvalue weighted by atomic mass is 32.2. The van der Waals surface area contributed by atoms with Crippen LogP contribution in [-0.2, 0) is 21.1 Å². The molecule has 0 spiro atoms. The van der Waals surface area contributed by atoms with Gasteiger partial charge in [-0.25, -0.2) is 13.4 Å². The first-order chi connectivity index (χ1) is 10.3. The fourth-order valence-corrected chi connectivity index (χ4v) is 2.69. The van der Waals surface area contributed by atoms with E-state index < -0.39 is 9.84 Å². The number of hydrogen-bond acceptors (Lipinski definition) is 5. The third-order valence-corrected chi connectivity index (χ3v) is 4.34. The molecule has 0 amide bonds. The summed E-state index contributed by atoms with van der Waals surface area (Å²) in [5.41, 5.74) is 1.21. The van der Waals surface area contributed by atoms with Crippen molar-refractivity contribution in [3.05, 3.63) is 46.5 Å². The number of methoxy groups -OCH3 is 1. The van der Waals surface area contributed by atoms with Gasteiger partial charge >= 0.3 is 0 Å². The molecule has 0 bridgehead atoms. The number of hydrogen-bond donors (Lipinski definition) is 0. The molecule has 2 aromatic rings. The Morgan fingerprint density at radius 2 is 2.14 bits per heavy atom. The lowest BCUT2D eigenvalue weighted by atomic mass is 10.2. The molecule has 2 rings (SSSR count). The van der Waals surface area contributed by atoms with Gasteiger partial charge in [0.05, 0.1) is 28.7 Å². The minimum absolute atomic E-state index is 0.114. The molecule has 118 valence electrons. The summed E-state index contributed by atoms with van der Waals surface area (Å²) >= 11 is 0. The molecule has 0 aliphatic rings. The van der Waals surface area contributed by atoms with E-state index in [0.717, 1.165) is 11.8 Å². The monoisotopic (exact) mass is 322 g/mol. The van der Waals surface area contributed by atoms with Crippen LogP contribution in [0.5, 0.6) is 0 Å². The van der Waals surface area contributed by atoms with Crippen molar-refractivity contribution >= 4 is 20.7 Å². The second-order valence-corrected chi connectivity index (χ2v) is 7.15. The van der Waals surface area contributed by atoms with Crippen molar-refractivity contribution in [1.82, 2.24) is 9.55 Å². The van der Waals surface area contributed by atoms with Gasteiger partial charge in [-0.05, 0) is 25.1 Å². The molecule has 1 aromatic carbocycles. The van der Waals surface area contributed by atoms with Crippen LogP contribution in [0.1, 0.15) is 6.92 Å². The average Bonchev–Trinajstić information content (AvgIpc) is 2.45. The van der Waals surface area contributed by atoms with Crippen LogP contribution in [0.4, 0.5) is 0 Å². The van der Waals surface area contributed by atoms with E-state index in [1.165, 1.54) is 23.0 Å². The second kappa shape index (κ2) is 6.41. The fraction of sp³-hybridized carbons (Fsp3) is 0.333. The fourth-order valence-electron chi connectivity index (χ4n) is 2.04. The van der Waals surface area contributed by atoms with Crippen molar-refractivity contribution in [3.8, 4) is 0 Å². The van der Waals surface area contributed by atoms with Gasteiger partial charge in [0.25, 0.3) is 5.56 Å². The molecule has 6 nitrogen and oxygen atoms in total. The maximum atomic E-state index is 12.4. The summed E-state index contributed by atoms with van der Waals surface area (Å²) in [6.45, 7) is 2.76. The Morgan fingerprint density at radius 1 is 1.41 bits per heavy atom. The van der Waals surface area contributed by atoms with Gasteiger partial charge in [-0.1, -0.05) is 11.6 Å². The number of aromatic nitrogens is 2. The van der Waals surface area contributed by atoms with E-state index in [4.69, 9.17) is 4.74 Å². The molecule has 0 unspecified atom stereocenters. The minimum atomic E-state index is -3.36. The van der Waals surface area contributed by atoms with Crippen molar-refractivity contribution in [2.45, 2.75) is 18.4 Å². The zero-order valence-electron chi connectivity index (χ0n) is 12.7. The number of benzene rings is 1. The van der Waals surface area contributed by atoms with Gasteiger partial charge in [-0.15, -0.1) is 0 Å². The molecule has 7 heteroatoms. The van der Waals surface area contributed by atoms with Crippen LogP contribution in [0.15, 0.2) is 45.9 Å². The third-order valence-electron chi connectivity index (χ3n) is 3.23. The summed E-state index contributed by atoms with van der Waals surface area (Å²) in [5, 5.41) is 0.295. The maximum Gasteiger partial charge on any atom is 0.261 e. The highest BCUT2D eigenvalue weighted by Crippen LogP contribution is 2.14. The molecular weight excluding hydrogens is 304 g/mol. The number of rotatable bonds is 5. The van der Waals surface area contributed by atoms with E-state index >= 15 is 0 Å². The summed E-state index contributed by atoms with van der Waals surface area (Å²) < 4.78 is 29.7. The molecule has 22 heavy (non-hydrogen) atoms. The van der Waals surface area contributed by atoms with E-state index in [0.29, 0.717) is 24.1 Å². The number of nitrogens with zero attached hydrogens (tertiary/aromatic N) is 2. The molecule has 0 saturated carbocycles. The van der Waals surface area contributed by atoms with Gasteiger partial charge in [0.1, 0.15) is 0 Å². The number of ether oxygens (including phenoxy) is 1. The highest BCUT2D eigenvalue weighted by molar-refractivity contribution is 7.90. The van der Waals surface area contributed by atoms with Crippen LogP contribution in [0.3, 0.4) is 0 Å². The van der Waals surface area contributed by atoms with Crippen LogP contribution in [0.25, 0.3) is 10.9 Å². The van der Waals surface area contributed by atoms with E-state index in [2.05, 4.69) is 4.98 Å². The van der Waals surface area contributed by atoms with Gasteiger partial charge in [0, 0.05) is 19.9 Å². The molecule has 0 saturated heterocycles. The SMILES string of the molecule is COC/C(C)=C/Cn1cnc2ccc(S(C)(=O)=O)cc2c1=O. The molecule has 0 radical (unpaired) electrons. The topological polar surface area (TPSA) is 78.3 Å². The van der Waals surface area contributed by atoms with Crippen LogP contribution < -0.4 is 5.56 Å². The number of allylic oxidation sites excluding steroid dienone is 1. The average molecular weight is 322 g/mol. The van der Waals surface area contributed by atoms with E-state index in [9.17, 15) is 13.2 Å². The summed E-state index contributed by atoms with van der Waals surface area (Å²) in [4.78, 5) is 16.8. The molecular formula is C15H18N2O4S. The summed E-state index contributed by atoms with van der Waals surface area (Å²) in [5.74, 6) is 0. The molecule has 1 heterocycles. The van der Waals surface area contributed by atoms with Gasteiger partial charge in [-0.3, -0.25) is 9.36 Å². The smallest absolute Gasteiger partial charge is 0.261 e. The van der Waals surface area contributed by atoms with Gasteiger partial charge in [-0.2, -0.15) is 0 Å². The zero-order valence-corrected chi connectivity index (χ0v) is 13.6. The Hall–Kier alpha value is -1.99. The molecule has 0 fully saturated rings.